The van der Waals surface area contributed by atoms with E-state index >= 15 is 0 Å². The van der Waals surface area contributed by atoms with Crippen molar-refractivity contribution in [3.8, 4) is 0 Å². The maximum Gasteiger partial charge on any atom is 1.00 e. The standard InChI is InChI=1S/C24H25ClFN5O4.C14H18ClFN2O2.C10H9Cl2FO.C10H9N3O3.C5H11NO.CH2O3.2CH4.2K.H/c1-24(13-35-14-24)12-30(10-19(32)28-9-15-5-4-7-17(25)21(15)26)20(33)11-31-18-8-3-2-6-16(18)22(29-31)23(27)34;1-14(8-20-9-14)7-17-6-12(19)18-5-10-3-2-4-11(15)13(10)16;11-6-8(14)5-4-7-2-1-3-9(12)10(7)13;11-10(16)9-6-3-1-2-4-7(6)13(12-9)5-8(14)15;1-5(2-6)3-7-4-5;2-1-4-3;;;;;/h2-8H,9-14H2,1H3,(H2,27,34)(H,28,32);2-4,17H,5-9H2,1H3,(H,18,19);1-3H,4-6H2;1-4H,5H2,(H2,11,16)(H,14,15);2-4,6H2,1H3;1,3H;2*1H4;;;/q;;;;;;;;2*+1;-1/p-1. The molecule has 3 aliphatic rings. The molecule has 25 nitrogen and oxygen atoms in total. The number of carbonyl (C=O) groups excluding carboxylic acids is 7. The number of amides is 5. The van der Waals surface area contributed by atoms with Gasteiger partial charge in [-0.05, 0) is 42.3 Å². The van der Waals surface area contributed by atoms with E-state index in [0.29, 0.717) is 58.0 Å². The molecule has 3 saturated heterocycles. The SMILES string of the molecule is C.C.CC1(CN(CC(=O)NCc2cccc(Cl)c2F)C(=O)Cn2nc(C(N)=O)c3ccccc32)COC1.CC1(CN)COC1.CC1(CNCC(=O)NCc2cccc(Cl)c2F)COC1.NC(=O)c1nn(CC(=O)O)c2ccccc12.O=C(CCl)CCc1cccc(Cl)c1F.O=CO[O-].[H-].[K+].[K+]. The Bertz CT molecular complexity index is 3850. The number of aromatic nitrogens is 4. The van der Waals surface area contributed by atoms with Crippen molar-refractivity contribution in [3.05, 3.63) is 164 Å². The van der Waals surface area contributed by atoms with Gasteiger partial charge in [-0.2, -0.15) is 10.2 Å². The quantitative estimate of drug-likeness (QED) is 0.0146. The number of rotatable bonds is 24. The molecule has 5 aromatic carbocycles. The molecule has 0 atom stereocenters. The van der Waals surface area contributed by atoms with Crippen LogP contribution in [-0.2, 0) is 80.5 Å². The monoisotopic (exact) mass is 1530 g/mol. The molecule has 0 radical (unpaired) electrons. The number of primary amides is 2. The fourth-order valence-electron chi connectivity index (χ4n) is 9.18. The number of para-hydroxylation sites is 2. The minimum Gasteiger partial charge on any atom is -1.00 e. The molecule has 0 spiro atoms. The number of nitrogens with two attached hydrogens (primary N) is 3. The van der Waals surface area contributed by atoms with Gasteiger partial charge in [0.05, 0.1) is 84.7 Å². The van der Waals surface area contributed by atoms with E-state index in [1.807, 2.05) is 6.92 Å². The van der Waals surface area contributed by atoms with Crippen LogP contribution in [0.15, 0.2) is 103 Å². The molecule has 5 heterocycles. The number of carbonyl (C=O) groups is 8. The number of ketones is 1. The molecule has 536 valence electrons. The van der Waals surface area contributed by atoms with E-state index in [2.05, 4.69) is 44.9 Å². The van der Waals surface area contributed by atoms with Crippen molar-refractivity contribution >= 4 is 116 Å². The van der Waals surface area contributed by atoms with Gasteiger partial charge in [-0.3, -0.25) is 47.7 Å². The Labute approximate surface area is 683 Å². The predicted molar refractivity (Wildman–Crippen MR) is 363 cm³/mol. The van der Waals surface area contributed by atoms with Crippen molar-refractivity contribution < 1.29 is 185 Å². The molecule has 3 fully saturated rings. The third kappa shape index (κ3) is 29.3. The summed E-state index contributed by atoms with van der Waals surface area (Å²) in [6, 6.07) is 27.8. The summed E-state index contributed by atoms with van der Waals surface area (Å²) >= 11 is 22.4. The van der Waals surface area contributed by atoms with Crippen LogP contribution in [0, 0.1) is 33.7 Å². The summed E-state index contributed by atoms with van der Waals surface area (Å²) in [7, 11) is 0. The van der Waals surface area contributed by atoms with Crippen LogP contribution in [-0.4, -0.2) is 156 Å². The van der Waals surface area contributed by atoms with E-state index in [-0.39, 0.29) is 244 Å². The fraction of sp³-hybridized carbons (Fsp3) is 0.394. The van der Waals surface area contributed by atoms with Crippen molar-refractivity contribution in [2.75, 3.05) is 78.2 Å². The van der Waals surface area contributed by atoms with Gasteiger partial charge in [-0.25, -0.2) is 13.2 Å². The molecule has 5 amide bonds. The van der Waals surface area contributed by atoms with Crippen molar-refractivity contribution in [3.63, 3.8) is 0 Å². The molecule has 7 aromatic rings. The van der Waals surface area contributed by atoms with Crippen molar-refractivity contribution in [1.82, 2.24) is 40.4 Å². The average Bonchev–Trinajstić information content (AvgIpc) is 1.65. The number of alkyl halides is 1. The first kappa shape index (κ1) is 93.0. The smallest absolute Gasteiger partial charge is 1.00 e. The van der Waals surface area contributed by atoms with Gasteiger partial charge in [0.15, 0.2) is 11.4 Å². The Balaban J connectivity index is 0.00000130. The second kappa shape index (κ2) is 45.9. The van der Waals surface area contributed by atoms with Gasteiger partial charge in [0.1, 0.15) is 36.3 Å². The molecule has 0 bridgehead atoms. The number of carboxylic acids is 1. The minimum absolute atomic E-state index is 0. The Morgan fingerprint density at radius 1 is 0.660 bits per heavy atom. The van der Waals surface area contributed by atoms with Crippen LogP contribution in [0.3, 0.4) is 0 Å². The van der Waals surface area contributed by atoms with Crippen LogP contribution in [0.25, 0.3) is 21.8 Å². The normalized spacial score (nSPS) is 13.5. The van der Waals surface area contributed by atoms with E-state index in [1.54, 1.807) is 78.9 Å². The number of benzene rings is 5. The summed E-state index contributed by atoms with van der Waals surface area (Å²) in [5.41, 5.74) is 18.5. The summed E-state index contributed by atoms with van der Waals surface area (Å²) in [5, 5.41) is 34.8. The number of halogens is 7. The maximum atomic E-state index is 14.1. The summed E-state index contributed by atoms with van der Waals surface area (Å²) in [6.45, 7) is 11.4. The number of hydrogen-bond acceptors (Lipinski definition) is 17. The number of aliphatic carboxylic acids is 1. The molecule has 34 heteroatoms. The first-order chi connectivity index (χ1) is 45.6. The average molecular weight is 1530 g/mol. The second-order valence-corrected chi connectivity index (χ2v) is 24.7. The Morgan fingerprint density at radius 3 is 1.45 bits per heavy atom. The fourth-order valence-corrected chi connectivity index (χ4v) is 9.90. The Kier molecular flexibility index (Phi) is 42.7. The van der Waals surface area contributed by atoms with Crippen LogP contribution in [0.4, 0.5) is 13.2 Å². The van der Waals surface area contributed by atoms with Crippen molar-refractivity contribution in [2.24, 2.45) is 33.4 Å². The first-order valence-corrected chi connectivity index (χ1v) is 31.0. The number of nitrogens with one attached hydrogen (secondary N) is 3. The Hall–Kier alpha value is -5.02. The summed E-state index contributed by atoms with van der Waals surface area (Å²) in [6.07, 6.45) is 0.596. The van der Waals surface area contributed by atoms with E-state index in [9.17, 15) is 46.7 Å². The summed E-state index contributed by atoms with van der Waals surface area (Å²) < 4.78 is 59.1. The zero-order valence-corrected chi connectivity index (χ0v) is 63.8. The number of fused-ring (bicyclic) bond motifs is 2. The van der Waals surface area contributed by atoms with Crippen LogP contribution >= 0.6 is 46.4 Å². The molecular formula is C66H82Cl4F3K2N11O14. The zero-order valence-electron chi connectivity index (χ0n) is 55.5. The van der Waals surface area contributed by atoms with E-state index in [4.69, 9.17) is 93.0 Å². The topological polar surface area (TPSA) is 370 Å². The van der Waals surface area contributed by atoms with E-state index in [0.717, 1.165) is 39.5 Å². The van der Waals surface area contributed by atoms with E-state index < -0.39 is 41.1 Å². The molecule has 2 aromatic heterocycles. The summed E-state index contributed by atoms with van der Waals surface area (Å²) in [5.74, 6) is -5.03. The molecule has 3 aliphatic heterocycles. The number of aryl methyl sites for hydroxylation is 1. The third-order valence-electron chi connectivity index (χ3n) is 14.6. The van der Waals surface area contributed by atoms with Crippen LogP contribution in [0.1, 0.15) is 81.1 Å². The number of ether oxygens (including phenoxy) is 3. The molecule has 0 aliphatic carbocycles. The number of nitrogens with zero attached hydrogens (tertiary/aromatic N) is 5. The van der Waals surface area contributed by atoms with Gasteiger partial charge in [0.25, 0.3) is 18.3 Å². The minimum atomic E-state index is -1.02. The van der Waals surface area contributed by atoms with Crippen LogP contribution < -0.4 is 141 Å². The molecular weight excluding hydrogens is 1450 g/mol. The Morgan fingerprint density at radius 2 is 1.07 bits per heavy atom. The summed E-state index contributed by atoms with van der Waals surface area (Å²) in [4.78, 5) is 94.8. The molecule has 10 N–H and O–H groups in total. The second-order valence-electron chi connectivity index (χ2n) is 23.2. The van der Waals surface area contributed by atoms with Crippen LogP contribution in [0.2, 0.25) is 15.1 Å². The molecule has 100 heavy (non-hydrogen) atoms. The van der Waals surface area contributed by atoms with Gasteiger partial charge in [-0.1, -0.05) is 143 Å². The molecule has 10 rings (SSSR count). The number of Topliss-reactive ketones (excluding diaryl/α,β-unsaturated/α-hetero) is 1. The van der Waals surface area contributed by atoms with Gasteiger partial charge < -0.3 is 68.9 Å². The first-order valence-electron chi connectivity index (χ1n) is 29.4. The van der Waals surface area contributed by atoms with E-state index in [1.165, 1.54) is 38.5 Å². The number of hydrogen-bond donors (Lipinski definition) is 7. The van der Waals surface area contributed by atoms with Crippen molar-refractivity contribution in [2.45, 2.75) is 74.6 Å². The van der Waals surface area contributed by atoms with Crippen LogP contribution in [0.5, 0.6) is 0 Å². The predicted octanol–water partition coefficient (Wildman–Crippen LogP) is 1.08. The molecule has 0 unspecified atom stereocenters. The maximum absolute atomic E-state index is 14.1. The van der Waals surface area contributed by atoms with Crippen molar-refractivity contribution in [1.29, 1.82) is 0 Å². The van der Waals surface area contributed by atoms with Gasteiger partial charge in [-0.15, -0.1) is 11.6 Å². The van der Waals surface area contributed by atoms with Gasteiger partial charge in [0.2, 0.25) is 17.7 Å². The van der Waals surface area contributed by atoms with Gasteiger partial charge >= 0.3 is 109 Å². The zero-order chi connectivity index (χ0) is 70.8. The number of carboxylic acid groups (broad SMARTS) is 1. The molecule has 0 saturated carbocycles. The largest absolute Gasteiger partial charge is 1.00 e. The third-order valence-corrected chi connectivity index (χ3v) is 15.7. The van der Waals surface area contributed by atoms with Gasteiger partial charge in [0, 0.05) is 77.3 Å².